The quantitative estimate of drug-likeness (QED) is 0.761. The van der Waals surface area contributed by atoms with Crippen molar-refractivity contribution in [2.75, 3.05) is 0 Å². The van der Waals surface area contributed by atoms with Gasteiger partial charge in [-0.2, -0.15) is 0 Å². The Morgan fingerprint density at radius 2 is 1.75 bits per heavy atom. The molecule has 2 nitrogen and oxygen atoms in total. The number of aromatic hydroxyl groups is 1. The van der Waals surface area contributed by atoms with Crippen LogP contribution in [0.1, 0.15) is 76.7 Å². The molecule has 1 aromatic carbocycles. The Hall–Kier alpha value is -1.31. The van der Waals surface area contributed by atoms with Crippen molar-refractivity contribution in [2.24, 2.45) is 5.41 Å². The van der Waals surface area contributed by atoms with E-state index in [9.17, 15) is 9.90 Å². The number of phenolic OH excluding ortho intramolecular Hbond substituents is 1. The number of Topliss-reactive ketones (excluding diaryl/α,β-unsaturated/α-hetero) is 1. The molecule has 0 aliphatic carbocycles. The van der Waals surface area contributed by atoms with E-state index in [0.717, 1.165) is 18.4 Å². The van der Waals surface area contributed by atoms with Crippen LogP contribution in [0.5, 0.6) is 5.75 Å². The molecular weight excluding hydrogens is 248 g/mol. The maximum absolute atomic E-state index is 12.1. The fourth-order valence-corrected chi connectivity index (χ4v) is 2.97. The van der Waals surface area contributed by atoms with Crippen LogP contribution in [0.25, 0.3) is 0 Å². The molecule has 0 spiro atoms. The van der Waals surface area contributed by atoms with E-state index in [1.54, 1.807) is 6.07 Å². The van der Waals surface area contributed by atoms with E-state index in [4.69, 9.17) is 0 Å². The second-order valence-corrected chi connectivity index (χ2v) is 7.53. The Balaban J connectivity index is 3.14. The van der Waals surface area contributed by atoms with Gasteiger partial charge in [0.05, 0.1) is 5.56 Å². The summed E-state index contributed by atoms with van der Waals surface area (Å²) in [6.07, 6.45) is 2.30. The van der Waals surface area contributed by atoms with Crippen molar-refractivity contribution in [3.63, 3.8) is 0 Å². The third-order valence-corrected chi connectivity index (χ3v) is 3.53. The van der Waals surface area contributed by atoms with E-state index >= 15 is 0 Å². The number of carbonyl (C=O) groups is 1. The predicted octanol–water partition coefficient (Wildman–Crippen LogP) is 5.09. The van der Waals surface area contributed by atoms with Crippen molar-refractivity contribution >= 4 is 5.78 Å². The summed E-state index contributed by atoms with van der Waals surface area (Å²) in [5.74, 6) is 0.122. The van der Waals surface area contributed by atoms with E-state index in [0.29, 0.717) is 12.0 Å². The van der Waals surface area contributed by atoms with Gasteiger partial charge in [-0.15, -0.1) is 0 Å². The zero-order chi connectivity index (χ0) is 15.6. The molecule has 0 radical (unpaired) electrons. The predicted molar refractivity (Wildman–Crippen MR) is 84.4 cm³/mol. The highest BCUT2D eigenvalue weighted by Gasteiger charge is 2.28. The Bertz CT molecular complexity index is 479. The standard InChI is InChI=1S/C18H28O2/c1-7-8-15(19)14-11-13(9-10-16(14)20)18(5,6)12-17(2,3)4/h9-11,20H,7-8,12H2,1-6H3. The van der Waals surface area contributed by atoms with Gasteiger partial charge in [-0.3, -0.25) is 4.79 Å². The lowest BCUT2D eigenvalue weighted by molar-refractivity contribution is 0.0979. The van der Waals surface area contributed by atoms with Gasteiger partial charge in [0.1, 0.15) is 5.75 Å². The monoisotopic (exact) mass is 276 g/mol. The molecule has 0 bridgehead atoms. The zero-order valence-electron chi connectivity index (χ0n) is 13.7. The number of carbonyl (C=O) groups excluding carboxylic acids is 1. The Kier molecular flexibility index (Phi) is 5.01. The van der Waals surface area contributed by atoms with Gasteiger partial charge >= 0.3 is 0 Å². The molecule has 0 atom stereocenters. The van der Waals surface area contributed by atoms with Gasteiger partial charge in [-0.1, -0.05) is 47.6 Å². The normalized spacial score (nSPS) is 12.5. The Morgan fingerprint density at radius 3 is 2.25 bits per heavy atom. The van der Waals surface area contributed by atoms with Gasteiger partial charge in [0, 0.05) is 6.42 Å². The average molecular weight is 276 g/mol. The maximum atomic E-state index is 12.1. The molecule has 112 valence electrons. The van der Waals surface area contributed by atoms with E-state index in [2.05, 4.69) is 34.6 Å². The van der Waals surface area contributed by atoms with Crippen molar-refractivity contribution in [1.82, 2.24) is 0 Å². The summed E-state index contributed by atoms with van der Waals surface area (Å²) in [5.41, 5.74) is 1.78. The first-order chi connectivity index (χ1) is 9.07. The van der Waals surface area contributed by atoms with Crippen LogP contribution in [0.2, 0.25) is 0 Å². The van der Waals surface area contributed by atoms with Crippen LogP contribution in [0.4, 0.5) is 0 Å². The van der Waals surface area contributed by atoms with Crippen LogP contribution in [-0.4, -0.2) is 10.9 Å². The first-order valence-corrected chi connectivity index (χ1v) is 7.43. The molecule has 0 saturated carbocycles. The molecule has 1 rings (SSSR count). The lowest BCUT2D eigenvalue weighted by Gasteiger charge is -2.33. The fraction of sp³-hybridized carbons (Fsp3) is 0.611. The molecule has 0 saturated heterocycles. The highest BCUT2D eigenvalue weighted by Crippen LogP contribution is 2.37. The molecule has 0 aliphatic heterocycles. The maximum Gasteiger partial charge on any atom is 0.166 e. The first-order valence-electron chi connectivity index (χ1n) is 7.43. The number of ketones is 1. The van der Waals surface area contributed by atoms with Crippen LogP contribution in [0, 0.1) is 5.41 Å². The zero-order valence-corrected chi connectivity index (χ0v) is 13.7. The second-order valence-electron chi connectivity index (χ2n) is 7.53. The van der Waals surface area contributed by atoms with Crippen LogP contribution >= 0.6 is 0 Å². The molecule has 0 fully saturated rings. The summed E-state index contributed by atoms with van der Waals surface area (Å²) in [7, 11) is 0. The molecule has 0 heterocycles. The van der Waals surface area contributed by atoms with Crippen LogP contribution < -0.4 is 0 Å². The lowest BCUT2D eigenvalue weighted by Crippen LogP contribution is -2.25. The topological polar surface area (TPSA) is 37.3 Å². The Morgan fingerprint density at radius 1 is 1.15 bits per heavy atom. The van der Waals surface area contributed by atoms with Gasteiger partial charge in [-0.05, 0) is 41.4 Å². The molecule has 2 heteroatoms. The molecule has 0 aromatic heterocycles. The number of hydrogen-bond donors (Lipinski definition) is 1. The summed E-state index contributed by atoms with van der Waals surface area (Å²) in [6.45, 7) is 13.0. The summed E-state index contributed by atoms with van der Waals surface area (Å²) < 4.78 is 0. The van der Waals surface area contributed by atoms with Crippen molar-refractivity contribution in [1.29, 1.82) is 0 Å². The van der Waals surface area contributed by atoms with Crippen LogP contribution in [-0.2, 0) is 5.41 Å². The molecule has 1 aromatic rings. The molecule has 0 aliphatic rings. The van der Waals surface area contributed by atoms with E-state index in [1.165, 1.54) is 0 Å². The summed E-state index contributed by atoms with van der Waals surface area (Å²) in [6, 6.07) is 5.46. The fourth-order valence-electron chi connectivity index (χ4n) is 2.97. The largest absolute Gasteiger partial charge is 0.507 e. The highest BCUT2D eigenvalue weighted by atomic mass is 16.3. The minimum Gasteiger partial charge on any atom is -0.507 e. The Labute approximate surface area is 123 Å². The minimum absolute atomic E-state index is 0.0206. The molecule has 1 N–H and O–H groups in total. The average Bonchev–Trinajstić information content (AvgIpc) is 2.26. The molecule has 0 amide bonds. The van der Waals surface area contributed by atoms with Crippen molar-refractivity contribution in [3.05, 3.63) is 29.3 Å². The molecular formula is C18H28O2. The minimum atomic E-state index is -0.0206. The van der Waals surface area contributed by atoms with Crippen molar-refractivity contribution in [3.8, 4) is 5.75 Å². The number of hydrogen-bond acceptors (Lipinski definition) is 2. The number of rotatable bonds is 5. The first kappa shape index (κ1) is 16.7. The van der Waals surface area contributed by atoms with Gasteiger partial charge in [-0.25, -0.2) is 0 Å². The lowest BCUT2D eigenvalue weighted by atomic mass is 9.72. The van der Waals surface area contributed by atoms with Gasteiger partial charge in [0.15, 0.2) is 5.78 Å². The van der Waals surface area contributed by atoms with Crippen molar-refractivity contribution < 1.29 is 9.90 Å². The van der Waals surface area contributed by atoms with Gasteiger partial charge in [0.2, 0.25) is 0 Å². The number of benzene rings is 1. The van der Waals surface area contributed by atoms with Gasteiger partial charge in [0.25, 0.3) is 0 Å². The van der Waals surface area contributed by atoms with Crippen LogP contribution in [0.3, 0.4) is 0 Å². The summed E-state index contributed by atoms with van der Waals surface area (Å²) in [4.78, 5) is 12.1. The third kappa shape index (κ3) is 4.36. The third-order valence-electron chi connectivity index (χ3n) is 3.53. The van der Waals surface area contributed by atoms with Gasteiger partial charge < -0.3 is 5.11 Å². The van der Waals surface area contributed by atoms with E-state index in [1.807, 2.05) is 19.1 Å². The van der Waals surface area contributed by atoms with E-state index < -0.39 is 0 Å². The number of phenols is 1. The SMILES string of the molecule is CCCC(=O)c1cc(C(C)(C)CC(C)(C)C)ccc1O. The summed E-state index contributed by atoms with van der Waals surface area (Å²) >= 11 is 0. The van der Waals surface area contributed by atoms with E-state index in [-0.39, 0.29) is 22.4 Å². The molecule has 0 unspecified atom stereocenters. The smallest absolute Gasteiger partial charge is 0.166 e. The highest BCUT2D eigenvalue weighted by molar-refractivity contribution is 5.98. The second kappa shape index (κ2) is 5.99. The van der Waals surface area contributed by atoms with Crippen LogP contribution in [0.15, 0.2) is 18.2 Å². The molecule has 20 heavy (non-hydrogen) atoms. The summed E-state index contributed by atoms with van der Waals surface area (Å²) in [5, 5.41) is 9.91. The van der Waals surface area contributed by atoms with Crippen molar-refractivity contribution in [2.45, 2.75) is 66.2 Å².